The van der Waals surface area contributed by atoms with Crippen LogP contribution in [0.5, 0.6) is 0 Å². The first-order valence-electron chi connectivity index (χ1n) is 9.89. The molecule has 132 valence electrons. The molecule has 3 fully saturated rings. The van der Waals surface area contributed by atoms with Gasteiger partial charge in [0.1, 0.15) is 5.78 Å². The van der Waals surface area contributed by atoms with Gasteiger partial charge in [0.15, 0.2) is 0 Å². The lowest BCUT2D eigenvalue weighted by Gasteiger charge is -2.59. The zero-order valence-electron chi connectivity index (χ0n) is 14.8. The van der Waals surface area contributed by atoms with Crippen LogP contribution < -0.4 is 0 Å². The lowest BCUT2D eigenvalue weighted by Crippen LogP contribution is -2.63. The molecule has 3 rings (SSSR count). The highest BCUT2D eigenvalue weighted by Gasteiger charge is 2.62. The fourth-order valence-corrected chi connectivity index (χ4v) is 5.99. The quantitative estimate of drug-likeness (QED) is 0.811. The molecular formula is C20H34O3. The standard InChI is InChI=1S/C20H34O3/c1-3-14-18-15(17(22)11-12-20(18,2)19(14)23)9-10-16(21)13-7-5-4-6-8-13/h13-18,21-22H,3-12H2,1-2H3/t14?,15-,16-,17+,18+,20-/m1/s1. The zero-order valence-corrected chi connectivity index (χ0v) is 14.8. The smallest absolute Gasteiger partial charge is 0.142 e. The van der Waals surface area contributed by atoms with Gasteiger partial charge in [0, 0.05) is 11.3 Å². The van der Waals surface area contributed by atoms with Crippen LogP contribution in [-0.4, -0.2) is 28.2 Å². The first kappa shape index (κ1) is 17.4. The molecule has 1 unspecified atom stereocenters. The number of Topliss-reactive ketones (excluding diaryl/α,β-unsaturated/α-hetero) is 1. The monoisotopic (exact) mass is 322 g/mol. The summed E-state index contributed by atoms with van der Waals surface area (Å²) in [5.41, 5.74) is -0.194. The van der Waals surface area contributed by atoms with Crippen LogP contribution in [0.15, 0.2) is 0 Å². The van der Waals surface area contributed by atoms with Gasteiger partial charge in [-0.15, -0.1) is 0 Å². The normalized spacial score (nSPS) is 42.9. The number of aliphatic hydroxyl groups is 2. The molecule has 0 bridgehead atoms. The number of ketones is 1. The molecule has 0 aromatic heterocycles. The van der Waals surface area contributed by atoms with Gasteiger partial charge in [-0.1, -0.05) is 33.1 Å². The molecule has 0 spiro atoms. The van der Waals surface area contributed by atoms with Gasteiger partial charge in [0.25, 0.3) is 0 Å². The van der Waals surface area contributed by atoms with E-state index in [0.717, 1.165) is 44.9 Å². The molecule has 3 aliphatic carbocycles. The summed E-state index contributed by atoms with van der Waals surface area (Å²) in [5.74, 6) is 1.57. The minimum Gasteiger partial charge on any atom is -0.393 e. The van der Waals surface area contributed by atoms with E-state index in [2.05, 4.69) is 13.8 Å². The van der Waals surface area contributed by atoms with Crippen molar-refractivity contribution in [3.63, 3.8) is 0 Å². The summed E-state index contributed by atoms with van der Waals surface area (Å²) in [7, 11) is 0. The highest BCUT2D eigenvalue weighted by molar-refractivity contribution is 5.93. The van der Waals surface area contributed by atoms with Crippen molar-refractivity contribution < 1.29 is 15.0 Å². The number of rotatable bonds is 5. The van der Waals surface area contributed by atoms with Crippen LogP contribution in [0, 0.1) is 29.1 Å². The van der Waals surface area contributed by atoms with Gasteiger partial charge >= 0.3 is 0 Å². The Balaban J connectivity index is 1.62. The lowest BCUT2D eigenvalue weighted by atomic mass is 9.44. The second kappa shape index (κ2) is 6.84. The van der Waals surface area contributed by atoms with Crippen LogP contribution in [0.4, 0.5) is 0 Å². The first-order chi connectivity index (χ1) is 11.0. The van der Waals surface area contributed by atoms with E-state index in [-0.39, 0.29) is 29.5 Å². The highest BCUT2D eigenvalue weighted by Crippen LogP contribution is 2.60. The summed E-state index contributed by atoms with van der Waals surface area (Å²) in [5, 5.41) is 21.1. The SMILES string of the molecule is CCC1C(=O)[C@]2(C)CC[C@H](O)[C@@H](CC[C@@H](O)C3CCCCC3)[C@H]12. The van der Waals surface area contributed by atoms with Crippen LogP contribution in [0.3, 0.4) is 0 Å². The molecular weight excluding hydrogens is 288 g/mol. The Labute approximate surface area is 140 Å². The molecule has 23 heavy (non-hydrogen) atoms. The number of hydrogen-bond acceptors (Lipinski definition) is 3. The maximum atomic E-state index is 12.5. The molecule has 3 aliphatic rings. The fourth-order valence-electron chi connectivity index (χ4n) is 5.99. The summed E-state index contributed by atoms with van der Waals surface area (Å²) in [6, 6.07) is 0. The minimum absolute atomic E-state index is 0.145. The van der Waals surface area contributed by atoms with Crippen molar-refractivity contribution in [2.24, 2.45) is 29.1 Å². The van der Waals surface area contributed by atoms with Crippen molar-refractivity contribution in [3.8, 4) is 0 Å². The molecule has 3 nitrogen and oxygen atoms in total. The predicted octanol–water partition coefficient (Wildman–Crippen LogP) is 3.71. The molecule has 0 heterocycles. The van der Waals surface area contributed by atoms with E-state index in [1.165, 1.54) is 19.3 Å². The van der Waals surface area contributed by atoms with Gasteiger partial charge in [0.05, 0.1) is 12.2 Å². The Morgan fingerprint density at radius 2 is 1.91 bits per heavy atom. The Bertz CT molecular complexity index is 429. The third-order valence-electron chi connectivity index (χ3n) is 7.41. The zero-order chi connectivity index (χ0) is 16.6. The molecule has 0 radical (unpaired) electrons. The Kier molecular flexibility index (Phi) is 5.18. The maximum absolute atomic E-state index is 12.5. The number of fused-ring (bicyclic) bond motifs is 1. The highest BCUT2D eigenvalue weighted by atomic mass is 16.3. The van der Waals surface area contributed by atoms with E-state index >= 15 is 0 Å². The second-order valence-electron chi connectivity index (χ2n) is 8.63. The van der Waals surface area contributed by atoms with Crippen molar-refractivity contribution in [2.75, 3.05) is 0 Å². The van der Waals surface area contributed by atoms with Gasteiger partial charge in [-0.2, -0.15) is 0 Å². The number of hydrogen-bond donors (Lipinski definition) is 2. The summed E-state index contributed by atoms with van der Waals surface area (Å²) in [6.45, 7) is 4.21. The average molecular weight is 322 g/mol. The topological polar surface area (TPSA) is 57.5 Å². The number of carbonyl (C=O) groups excluding carboxylic acids is 1. The fraction of sp³-hybridized carbons (Fsp3) is 0.950. The molecule has 0 aromatic carbocycles. The maximum Gasteiger partial charge on any atom is 0.142 e. The predicted molar refractivity (Wildman–Crippen MR) is 90.9 cm³/mol. The van der Waals surface area contributed by atoms with Gasteiger partial charge in [-0.05, 0) is 62.7 Å². The molecule has 0 aromatic rings. The molecule has 2 N–H and O–H groups in total. The summed E-state index contributed by atoms with van der Waals surface area (Å²) in [6.07, 6.45) is 9.79. The second-order valence-corrected chi connectivity index (χ2v) is 8.63. The van der Waals surface area contributed by atoms with E-state index in [0.29, 0.717) is 17.6 Å². The van der Waals surface area contributed by atoms with Crippen molar-refractivity contribution in [2.45, 2.75) is 90.3 Å². The van der Waals surface area contributed by atoms with Gasteiger partial charge < -0.3 is 10.2 Å². The van der Waals surface area contributed by atoms with Gasteiger partial charge in [-0.25, -0.2) is 0 Å². The van der Waals surface area contributed by atoms with E-state index in [4.69, 9.17) is 0 Å². The van der Waals surface area contributed by atoms with Crippen molar-refractivity contribution >= 4 is 5.78 Å². The Hall–Kier alpha value is -0.410. The van der Waals surface area contributed by atoms with Crippen LogP contribution >= 0.6 is 0 Å². The summed E-state index contributed by atoms with van der Waals surface area (Å²) >= 11 is 0. The van der Waals surface area contributed by atoms with Gasteiger partial charge in [-0.3, -0.25) is 4.79 Å². The molecule has 0 amide bonds. The summed E-state index contributed by atoms with van der Waals surface area (Å²) < 4.78 is 0. The van der Waals surface area contributed by atoms with E-state index in [1.54, 1.807) is 0 Å². The minimum atomic E-state index is -0.284. The number of carbonyl (C=O) groups is 1. The molecule has 3 heteroatoms. The Morgan fingerprint density at radius 1 is 1.22 bits per heavy atom. The third kappa shape index (κ3) is 3.00. The van der Waals surface area contributed by atoms with Crippen LogP contribution in [0.1, 0.15) is 78.1 Å². The van der Waals surface area contributed by atoms with Crippen molar-refractivity contribution in [3.05, 3.63) is 0 Å². The molecule has 0 saturated heterocycles. The van der Waals surface area contributed by atoms with Crippen LogP contribution in [0.2, 0.25) is 0 Å². The van der Waals surface area contributed by atoms with Crippen LogP contribution in [0.25, 0.3) is 0 Å². The Morgan fingerprint density at radius 3 is 2.57 bits per heavy atom. The molecule has 6 atom stereocenters. The molecule has 3 saturated carbocycles. The van der Waals surface area contributed by atoms with Crippen molar-refractivity contribution in [1.29, 1.82) is 0 Å². The van der Waals surface area contributed by atoms with Crippen LogP contribution in [-0.2, 0) is 4.79 Å². The van der Waals surface area contributed by atoms with E-state index in [9.17, 15) is 15.0 Å². The number of aliphatic hydroxyl groups excluding tert-OH is 2. The van der Waals surface area contributed by atoms with E-state index in [1.807, 2.05) is 0 Å². The molecule has 0 aliphatic heterocycles. The average Bonchev–Trinajstić information content (AvgIpc) is 2.58. The first-order valence-corrected chi connectivity index (χ1v) is 9.89. The van der Waals surface area contributed by atoms with E-state index < -0.39 is 0 Å². The third-order valence-corrected chi connectivity index (χ3v) is 7.41. The summed E-state index contributed by atoms with van der Waals surface area (Å²) in [4.78, 5) is 12.5. The van der Waals surface area contributed by atoms with Crippen molar-refractivity contribution in [1.82, 2.24) is 0 Å². The largest absolute Gasteiger partial charge is 0.393 e. The van der Waals surface area contributed by atoms with Gasteiger partial charge in [0.2, 0.25) is 0 Å². The lowest BCUT2D eigenvalue weighted by molar-refractivity contribution is -0.178.